The van der Waals surface area contributed by atoms with Gasteiger partial charge in [-0.15, -0.1) is 0 Å². The fraction of sp³-hybridized carbons (Fsp3) is 0.208. The molecule has 49 heavy (non-hydrogen) atoms. The normalized spacial score (nSPS) is 15.3. The van der Waals surface area contributed by atoms with Crippen molar-refractivity contribution >= 4 is 38.6 Å². The second-order valence-corrected chi connectivity index (χ2v) is 14.2. The zero-order valence-electron chi connectivity index (χ0n) is 28.2. The monoisotopic (exact) mass is 633 g/mol. The Hall–Kier alpha value is -5.14. The van der Waals surface area contributed by atoms with Gasteiger partial charge in [-0.25, -0.2) is 0 Å². The van der Waals surface area contributed by atoms with Crippen molar-refractivity contribution in [2.75, 3.05) is 4.90 Å². The van der Waals surface area contributed by atoms with Gasteiger partial charge in [-0.3, -0.25) is 0 Å². The molecule has 0 radical (unpaired) electrons. The van der Waals surface area contributed by atoms with E-state index in [0.29, 0.717) is 11.8 Å². The molecule has 0 amide bonds. The summed E-state index contributed by atoms with van der Waals surface area (Å²) in [5, 5.41) is 5.15. The van der Waals surface area contributed by atoms with Crippen LogP contribution < -0.4 is 4.90 Å². The standard InChI is InChI=1S/C48H43N/c1-2-16-38(17-3-1)47-43-18-8-10-20-45(43)48(46-21-11-9-19-44(46)47)39-26-32-42(33-27-39)49(40-28-22-36(23-29-40)34-12-4-5-13-34)41-30-24-37(25-31-41)35-14-6-7-15-35/h1-3,8-11,16-35H,4-7,12-15H2. The Morgan fingerprint density at radius 3 is 1.04 bits per heavy atom. The van der Waals surface area contributed by atoms with Crippen molar-refractivity contribution in [2.24, 2.45) is 0 Å². The summed E-state index contributed by atoms with van der Waals surface area (Å²) in [6.45, 7) is 0. The molecule has 0 aliphatic heterocycles. The number of anilines is 3. The van der Waals surface area contributed by atoms with E-state index in [-0.39, 0.29) is 0 Å². The molecule has 0 atom stereocenters. The lowest BCUT2D eigenvalue weighted by Gasteiger charge is -2.27. The summed E-state index contributed by atoms with van der Waals surface area (Å²) < 4.78 is 0. The minimum Gasteiger partial charge on any atom is -0.311 e. The van der Waals surface area contributed by atoms with Crippen molar-refractivity contribution in [3.8, 4) is 22.3 Å². The molecule has 0 bridgehead atoms. The molecule has 9 rings (SSSR count). The largest absolute Gasteiger partial charge is 0.311 e. The molecule has 7 aromatic carbocycles. The van der Waals surface area contributed by atoms with Crippen molar-refractivity contribution in [1.29, 1.82) is 0 Å². The maximum absolute atomic E-state index is 2.44. The summed E-state index contributed by atoms with van der Waals surface area (Å²) in [5.41, 5.74) is 11.7. The topological polar surface area (TPSA) is 3.24 Å². The molecule has 2 aliphatic carbocycles. The van der Waals surface area contributed by atoms with Crippen LogP contribution in [0.4, 0.5) is 17.1 Å². The van der Waals surface area contributed by atoms with Crippen molar-refractivity contribution < 1.29 is 0 Å². The molecule has 7 aromatic rings. The highest BCUT2D eigenvalue weighted by Crippen LogP contribution is 2.45. The molecule has 2 aliphatic rings. The summed E-state index contributed by atoms with van der Waals surface area (Å²) in [4.78, 5) is 2.44. The van der Waals surface area contributed by atoms with Crippen molar-refractivity contribution in [3.63, 3.8) is 0 Å². The van der Waals surface area contributed by atoms with Crippen molar-refractivity contribution in [3.05, 3.63) is 163 Å². The third kappa shape index (κ3) is 5.62. The highest BCUT2D eigenvalue weighted by Gasteiger charge is 2.21. The van der Waals surface area contributed by atoms with Gasteiger partial charge in [0.05, 0.1) is 0 Å². The highest BCUT2D eigenvalue weighted by molar-refractivity contribution is 6.21. The van der Waals surface area contributed by atoms with E-state index in [1.54, 1.807) is 0 Å². The molecule has 1 heteroatoms. The molecule has 0 heterocycles. The van der Waals surface area contributed by atoms with Gasteiger partial charge in [-0.1, -0.05) is 141 Å². The number of rotatable bonds is 7. The molecule has 0 unspecified atom stereocenters. The average Bonchev–Trinajstić information content (AvgIpc) is 3.92. The van der Waals surface area contributed by atoms with Crippen LogP contribution in [-0.2, 0) is 0 Å². The Labute approximate surface area is 290 Å². The van der Waals surface area contributed by atoms with E-state index in [4.69, 9.17) is 0 Å². The predicted octanol–water partition coefficient (Wildman–Crippen LogP) is 14.1. The molecule has 2 fully saturated rings. The first-order valence-electron chi connectivity index (χ1n) is 18.4. The Morgan fingerprint density at radius 2 is 0.653 bits per heavy atom. The molecular formula is C48H43N. The molecule has 0 N–H and O–H groups in total. The second kappa shape index (κ2) is 13.1. The van der Waals surface area contributed by atoms with Gasteiger partial charge in [0, 0.05) is 17.1 Å². The van der Waals surface area contributed by atoms with Gasteiger partial charge in [0.25, 0.3) is 0 Å². The Morgan fingerprint density at radius 1 is 0.327 bits per heavy atom. The SMILES string of the molecule is c1ccc(-c2c3ccccc3c(-c3ccc(N(c4ccc(C5CCCC5)cc4)c4ccc(C5CCCC5)cc4)cc3)c3ccccc23)cc1. The molecule has 240 valence electrons. The zero-order chi connectivity index (χ0) is 32.6. The van der Waals surface area contributed by atoms with Gasteiger partial charge in [-0.2, -0.15) is 0 Å². The van der Waals surface area contributed by atoms with Gasteiger partial charge >= 0.3 is 0 Å². The first-order chi connectivity index (χ1) is 24.3. The minimum absolute atomic E-state index is 0.713. The molecule has 2 saturated carbocycles. The van der Waals surface area contributed by atoms with Crippen LogP contribution in [0, 0.1) is 0 Å². The highest BCUT2D eigenvalue weighted by atomic mass is 15.1. The quantitative estimate of drug-likeness (QED) is 0.158. The maximum Gasteiger partial charge on any atom is 0.0462 e. The van der Waals surface area contributed by atoms with Crippen LogP contribution in [0.1, 0.15) is 74.3 Å². The second-order valence-electron chi connectivity index (χ2n) is 14.2. The third-order valence-electron chi connectivity index (χ3n) is 11.4. The molecule has 0 aromatic heterocycles. The smallest absolute Gasteiger partial charge is 0.0462 e. The number of fused-ring (bicyclic) bond motifs is 2. The third-order valence-corrected chi connectivity index (χ3v) is 11.4. The predicted molar refractivity (Wildman–Crippen MR) is 209 cm³/mol. The summed E-state index contributed by atoms with van der Waals surface area (Å²) in [6, 6.07) is 56.9. The van der Waals surface area contributed by atoms with E-state index in [9.17, 15) is 0 Å². The van der Waals surface area contributed by atoms with Crippen LogP contribution in [0.15, 0.2) is 152 Å². The van der Waals surface area contributed by atoms with Crippen molar-refractivity contribution in [1.82, 2.24) is 0 Å². The molecular weight excluding hydrogens is 591 g/mol. The minimum atomic E-state index is 0.713. The molecule has 1 nitrogen and oxygen atoms in total. The van der Waals surface area contributed by atoms with Crippen LogP contribution in [0.3, 0.4) is 0 Å². The Kier molecular flexibility index (Phi) is 7.98. The lowest BCUT2D eigenvalue weighted by atomic mass is 9.86. The molecule has 0 spiro atoms. The van der Waals surface area contributed by atoms with Crippen LogP contribution in [-0.4, -0.2) is 0 Å². The molecule has 0 saturated heterocycles. The fourth-order valence-electron chi connectivity index (χ4n) is 8.89. The number of nitrogens with zero attached hydrogens (tertiary/aromatic N) is 1. The summed E-state index contributed by atoms with van der Waals surface area (Å²) in [5.74, 6) is 1.43. The average molecular weight is 634 g/mol. The first kappa shape index (κ1) is 30.0. The van der Waals surface area contributed by atoms with Gasteiger partial charge in [0.1, 0.15) is 0 Å². The lowest BCUT2D eigenvalue weighted by Crippen LogP contribution is -2.10. The number of hydrogen-bond acceptors (Lipinski definition) is 1. The van der Waals surface area contributed by atoms with Crippen LogP contribution in [0.2, 0.25) is 0 Å². The van der Waals surface area contributed by atoms with E-state index >= 15 is 0 Å². The van der Waals surface area contributed by atoms with Gasteiger partial charge < -0.3 is 4.90 Å². The van der Waals surface area contributed by atoms with E-state index in [2.05, 4.69) is 157 Å². The maximum atomic E-state index is 2.44. The van der Waals surface area contributed by atoms with E-state index in [0.717, 1.165) is 0 Å². The summed E-state index contributed by atoms with van der Waals surface area (Å²) in [6.07, 6.45) is 10.7. The van der Waals surface area contributed by atoms with E-state index in [1.165, 1.54) is 123 Å². The Bertz CT molecular complexity index is 2080. The summed E-state index contributed by atoms with van der Waals surface area (Å²) in [7, 11) is 0. The summed E-state index contributed by atoms with van der Waals surface area (Å²) >= 11 is 0. The zero-order valence-corrected chi connectivity index (χ0v) is 28.2. The first-order valence-corrected chi connectivity index (χ1v) is 18.4. The van der Waals surface area contributed by atoms with E-state index in [1.807, 2.05) is 0 Å². The number of benzene rings is 7. The van der Waals surface area contributed by atoms with Crippen LogP contribution >= 0.6 is 0 Å². The number of hydrogen-bond donors (Lipinski definition) is 0. The van der Waals surface area contributed by atoms with Crippen molar-refractivity contribution in [2.45, 2.75) is 63.2 Å². The van der Waals surface area contributed by atoms with E-state index < -0.39 is 0 Å². The van der Waals surface area contributed by atoms with Gasteiger partial charge in [0.2, 0.25) is 0 Å². The Balaban J connectivity index is 1.15. The van der Waals surface area contributed by atoms with Gasteiger partial charge in [0.15, 0.2) is 0 Å². The fourth-order valence-corrected chi connectivity index (χ4v) is 8.89. The van der Waals surface area contributed by atoms with Crippen LogP contribution in [0.5, 0.6) is 0 Å². The van der Waals surface area contributed by atoms with Gasteiger partial charge in [-0.05, 0) is 129 Å². The van der Waals surface area contributed by atoms with Crippen LogP contribution in [0.25, 0.3) is 43.8 Å². The lowest BCUT2D eigenvalue weighted by molar-refractivity contribution is 0.723.